The van der Waals surface area contributed by atoms with Gasteiger partial charge < -0.3 is 0 Å². The predicted octanol–water partition coefficient (Wildman–Crippen LogP) is 27.4. The van der Waals surface area contributed by atoms with E-state index in [-0.39, 0.29) is 72.6 Å². The van der Waals surface area contributed by atoms with Crippen LogP contribution in [0.15, 0.2) is 289 Å². The fraction of sp³-hybridized carbons (Fsp3) is 0.229. The summed E-state index contributed by atoms with van der Waals surface area (Å²) in [6.07, 6.45) is -9.58. The van der Waals surface area contributed by atoms with Crippen molar-refractivity contribution in [2.45, 2.75) is 158 Å². The summed E-state index contributed by atoms with van der Waals surface area (Å²) in [6.45, 7) is 17.3. The van der Waals surface area contributed by atoms with Gasteiger partial charge in [0.15, 0.2) is 23.1 Å². The highest BCUT2D eigenvalue weighted by atomic mass is 35.5. The molecule has 712 valence electrons. The van der Waals surface area contributed by atoms with Crippen molar-refractivity contribution in [3.63, 3.8) is 0 Å². The molecule has 5 heterocycles. The summed E-state index contributed by atoms with van der Waals surface area (Å²) in [4.78, 5) is 77.6. The van der Waals surface area contributed by atoms with Crippen molar-refractivity contribution in [1.29, 1.82) is 0 Å². The van der Waals surface area contributed by atoms with E-state index in [4.69, 9.17) is 11.6 Å². The van der Waals surface area contributed by atoms with Crippen LogP contribution in [0.1, 0.15) is 179 Å². The van der Waals surface area contributed by atoms with Gasteiger partial charge in [0, 0.05) is 144 Å². The molecule has 0 bridgehead atoms. The van der Waals surface area contributed by atoms with E-state index in [1.165, 1.54) is 156 Å². The Balaban J connectivity index is 0.000000165. The van der Waals surface area contributed by atoms with Crippen LogP contribution in [0.4, 0.5) is 57.1 Å². The number of pyridine rings is 1. The Bertz CT molecular complexity index is 6130. The predicted molar refractivity (Wildman–Crippen MR) is 511 cm³/mol. The van der Waals surface area contributed by atoms with Gasteiger partial charge in [0.05, 0.1) is 42.9 Å². The van der Waals surface area contributed by atoms with Crippen LogP contribution in [0.2, 0.25) is 5.02 Å². The normalized spacial score (nSPS) is 11.5. The average Bonchev–Trinajstić information content (AvgIpc) is 1.64. The molecule has 0 fully saturated rings. The Labute approximate surface area is 807 Å². The number of alkyl halides is 9. The number of carbonyl (C=O) groups is 4. The van der Waals surface area contributed by atoms with Crippen molar-refractivity contribution in [1.82, 2.24) is 49.4 Å². The van der Waals surface area contributed by atoms with Crippen molar-refractivity contribution in [2.75, 3.05) is 0 Å². The van der Waals surface area contributed by atoms with E-state index < -0.39 is 35.2 Å². The van der Waals surface area contributed by atoms with E-state index >= 15 is 0 Å². The number of thiazole rings is 4. The van der Waals surface area contributed by atoms with E-state index in [0.717, 1.165) is 93.4 Å². The van der Waals surface area contributed by atoms with E-state index in [9.17, 15) is 76.3 Å². The first-order valence-electron chi connectivity index (χ1n) is 42.9. The minimum Gasteiger partial charge on any atom is -0.293 e. The maximum atomic E-state index is 14.1. The number of benzene rings is 10. The molecule has 0 amide bonds. The molecule has 0 atom stereocenters. The number of hydrogen-bond acceptors (Lipinski definition) is 18. The molecule has 0 aliphatic carbocycles. The molecule has 5 aromatic heterocycles. The molecule has 137 heavy (non-hydrogen) atoms. The number of halogens is 14. The van der Waals surface area contributed by atoms with Crippen LogP contribution in [0.3, 0.4) is 0 Å². The fourth-order valence-corrected chi connectivity index (χ4v) is 17.6. The van der Waals surface area contributed by atoms with Gasteiger partial charge in [-0.3, -0.25) is 48.7 Å². The number of aromatic nitrogens is 5. The third-order valence-corrected chi connectivity index (χ3v) is 24.5. The second-order valence-electron chi connectivity index (χ2n) is 32.5. The minimum atomic E-state index is -4.43. The lowest BCUT2D eigenvalue weighted by Gasteiger charge is -2.23. The molecule has 32 heteroatoms. The maximum Gasteiger partial charge on any atom is 0.416 e. The first-order chi connectivity index (χ1) is 65.3. The SMILES string of the molecule is CC(=O)c1csc(CN(Cc2ccc(C)cc2)Cc2cccc(C(F)(F)F)c2)n1.CC(=O)c1csc(CN(Cc2ccc(F)cc2)Cc2ccc(Cl)cc2)n1.CC(=O)c1csc(CN(Cc2ccc(F)cc2)Cc2cccc(C(F)(F)F)c2)n1.CC(=O)c1csc(CN(Cc2cccc(C(F)(F)F)c2)Cc2ccccc2F)n1.Cc1ccc(CN(Cc2ccncc2)Cc2ccc(F)cc2)cc1. The largest absolute Gasteiger partial charge is 0.416 e. The van der Waals surface area contributed by atoms with Crippen molar-refractivity contribution >= 4 is 80.1 Å². The molecular weight excluding hydrogens is 1880 g/mol. The summed E-state index contributed by atoms with van der Waals surface area (Å²) in [5, 5.41) is 10.5. The van der Waals surface area contributed by atoms with Gasteiger partial charge in [-0.25, -0.2) is 37.5 Å². The van der Waals surface area contributed by atoms with Gasteiger partial charge in [-0.2, -0.15) is 39.5 Å². The average molecular weight is 1970 g/mol. The molecular formula is C105H96ClF13N10O4S4. The molecule has 0 spiro atoms. The van der Waals surface area contributed by atoms with Crippen LogP contribution in [0.5, 0.6) is 0 Å². The lowest BCUT2D eigenvalue weighted by Crippen LogP contribution is -2.23. The molecule has 0 aliphatic heterocycles. The standard InChI is InChI=1S/C22H21F3N2OS.2C21H18F4N2OS.C21H21FN2.C20H18ClFN2OS/c1-15-6-8-17(9-7-15)11-27(13-21-26-20(14-29-21)16(2)28)12-18-4-3-5-19(10-18)22(23,24)25;1-14(28)19-13-29-20(26-19)12-27(11-16-6-2-3-8-18(16)22)10-15-5-4-7-17(9-15)21(23,24)25;1-14(28)19-13-29-20(26-19)12-27(10-15-5-7-18(22)8-6-15)11-16-3-2-4-17(9-16)21(23,24)25;1-17-2-4-18(5-3-17)14-24(16-20-10-12-23-13-11-20)15-19-6-8-21(22)9-7-19;1-14(25)19-13-26-20(23-19)12-24(10-15-2-6-17(21)7-3-15)11-16-4-8-18(22)9-5-16/h3-10,14H,11-13H2,1-2H3;2*2-9,13H,10-12H2,1H3;2-13H,14-16H2,1H3;2-9,13H,10-12H2,1H3. The van der Waals surface area contributed by atoms with E-state index in [0.29, 0.717) is 112 Å². The topological polar surface area (TPSA) is 149 Å². The zero-order chi connectivity index (χ0) is 98.4. The minimum absolute atomic E-state index is 0.0321. The highest BCUT2D eigenvalue weighted by molar-refractivity contribution is 7.10. The lowest BCUT2D eigenvalue weighted by atomic mass is 10.1. The molecule has 0 N–H and O–H groups in total. The van der Waals surface area contributed by atoms with Crippen molar-refractivity contribution in [2.24, 2.45) is 0 Å². The Morgan fingerprint density at radius 1 is 0.285 bits per heavy atom. The summed E-state index contributed by atoms with van der Waals surface area (Å²) in [7, 11) is 0. The first kappa shape index (κ1) is 105. The Kier molecular flexibility index (Phi) is 38.9. The fourth-order valence-electron chi connectivity index (χ4n) is 14.0. The summed E-state index contributed by atoms with van der Waals surface area (Å²) in [6, 6.07) is 69.5. The number of nitrogens with zero attached hydrogens (tertiary/aromatic N) is 10. The summed E-state index contributed by atoms with van der Waals surface area (Å²) in [5.41, 5.74) is 11.5. The van der Waals surface area contributed by atoms with E-state index in [1.807, 2.05) is 102 Å². The Morgan fingerprint density at radius 3 is 0.788 bits per heavy atom. The van der Waals surface area contributed by atoms with Crippen LogP contribution in [0, 0.1) is 37.1 Å². The van der Waals surface area contributed by atoms with Crippen molar-refractivity contribution in [3.8, 4) is 0 Å². The third kappa shape index (κ3) is 35.7. The molecule has 10 aromatic carbocycles. The van der Waals surface area contributed by atoms with E-state index in [2.05, 4.69) is 65.9 Å². The van der Waals surface area contributed by atoms with Crippen LogP contribution in [-0.2, 0) is 117 Å². The number of Topliss-reactive ketones (excluding diaryl/α,β-unsaturated/α-hetero) is 4. The second kappa shape index (κ2) is 50.7. The molecule has 14 nitrogen and oxygen atoms in total. The van der Waals surface area contributed by atoms with Gasteiger partial charge >= 0.3 is 18.5 Å². The summed E-state index contributed by atoms with van der Waals surface area (Å²) >= 11 is 11.4. The van der Waals surface area contributed by atoms with Crippen LogP contribution in [-0.4, -0.2) is 72.6 Å². The van der Waals surface area contributed by atoms with Crippen molar-refractivity contribution < 1.29 is 76.3 Å². The highest BCUT2D eigenvalue weighted by Crippen LogP contribution is 2.35. The van der Waals surface area contributed by atoms with Crippen LogP contribution < -0.4 is 0 Å². The van der Waals surface area contributed by atoms with E-state index in [1.54, 1.807) is 87.1 Å². The van der Waals surface area contributed by atoms with Gasteiger partial charge in [0.25, 0.3) is 0 Å². The smallest absolute Gasteiger partial charge is 0.293 e. The number of hydrogen-bond donors (Lipinski definition) is 0. The summed E-state index contributed by atoms with van der Waals surface area (Å²) in [5.74, 6) is -1.62. The number of rotatable bonds is 34. The molecule has 0 radical (unpaired) electrons. The quantitative estimate of drug-likeness (QED) is 0.0278. The number of ketones is 4. The molecule has 0 aliphatic rings. The zero-order valence-electron chi connectivity index (χ0n) is 75.3. The second-order valence-corrected chi connectivity index (χ2v) is 36.7. The third-order valence-electron chi connectivity index (χ3n) is 20.9. The van der Waals surface area contributed by atoms with Gasteiger partial charge in [-0.1, -0.05) is 193 Å². The first-order valence-corrected chi connectivity index (χ1v) is 46.8. The van der Waals surface area contributed by atoms with Crippen LogP contribution >= 0.6 is 56.9 Å². The molecule has 15 aromatic rings. The molecule has 15 rings (SSSR count). The summed E-state index contributed by atoms with van der Waals surface area (Å²) < 4.78 is 171. The molecule has 0 unspecified atom stereocenters. The van der Waals surface area contributed by atoms with Crippen LogP contribution in [0.25, 0.3) is 0 Å². The Morgan fingerprint density at radius 2 is 0.526 bits per heavy atom. The number of carbonyl (C=O) groups excluding carboxylic acids is 4. The monoisotopic (exact) mass is 1970 g/mol. The van der Waals surface area contributed by atoms with Gasteiger partial charge in [0.1, 0.15) is 66.1 Å². The van der Waals surface area contributed by atoms with Gasteiger partial charge in [0.2, 0.25) is 0 Å². The van der Waals surface area contributed by atoms with Crippen molar-refractivity contribution in [3.05, 3.63) is 449 Å². The lowest BCUT2D eigenvalue weighted by molar-refractivity contribution is -0.138. The maximum absolute atomic E-state index is 14.1. The molecule has 0 saturated carbocycles. The zero-order valence-corrected chi connectivity index (χ0v) is 79.4. The van der Waals surface area contributed by atoms with Gasteiger partial charge in [-0.15, -0.1) is 45.3 Å². The highest BCUT2D eigenvalue weighted by Gasteiger charge is 2.33. The number of aryl methyl sites for hydroxylation is 2. The molecule has 0 saturated heterocycles. The Hall–Kier alpha value is -12.3. The van der Waals surface area contributed by atoms with Gasteiger partial charge in [-0.05, 0) is 154 Å².